The Kier molecular flexibility index (Phi) is 6.79. The van der Waals surface area contributed by atoms with Crippen LogP contribution in [0.1, 0.15) is 16.7 Å². The first kappa shape index (κ1) is 22.5. The van der Waals surface area contributed by atoms with Gasteiger partial charge in [-0.1, -0.05) is 24.8 Å². The van der Waals surface area contributed by atoms with Crippen LogP contribution in [0.5, 0.6) is 11.5 Å². The molecule has 8 heteroatoms. The van der Waals surface area contributed by atoms with Gasteiger partial charge in [0.1, 0.15) is 12.2 Å². The van der Waals surface area contributed by atoms with Gasteiger partial charge in [0.25, 0.3) is 11.8 Å². The van der Waals surface area contributed by atoms with E-state index in [-0.39, 0.29) is 5.57 Å². The van der Waals surface area contributed by atoms with Crippen LogP contribution in [-0.4, -0.2) is 31.6 Å². The molecule has 0 bridgehead atoms. The molecule has 0 spiro atoms. The lowest BCUT2D eigenvalue weighted by atomic mass is 10.0. The molecule has 2 aromatic carbocycles. The Balaban J connectivity index is 2.05. The summed E-state index contributed by atoms with van der Waals surface area (Å²) in [7, 11) is 1.50. The van der Waals surface area contributed by atoms with Crippen molar-refractivity contribution in [3.8, 4) is 11.5 Å². The second-order valence-corrected chi connectivity index (χ2v) is 7.97. The maximum absolute atomic E-state index is 13.2. The number of anilines is 1. The summed E-state index contributed by atoms with van der Waals surface area (Å²) in [6, 6.07) is 7.96. The van der Waals surface area contributed by atoms with E-state index < -0.39 is 17.8 Å². The molecule has 0 atom stereocenters. The monoisotopic (exact) mass is 532 g/mol. The number of imide groups is 2. The first-order valence-corrected chi connectivity index (χ1v) is 10.4. The number of amides is 4. The van der Waals surface area contributed by atoms with Crippen LogP contribution in [-0.2, 0) is 9.59 Å². The molecule has 1 saturated heterocycles. The number of aryl methyl sites for hydroxylation is 1. The van der Waals surface area contributed by atoms with Crippen LogP contribution in [0.2, 0.25) is 0 Å². The van der Waals surface area contributed by atoms with E-state index in [1.165, 1.54) is 13.2 Å². The highest BCUT2D eigenvalue weighted by molar-refractivity contribution is 14.1. The van der Waals surface area contributed by atoms with Crippen molar-refractivity contribution in [1.82, 2.24) is 5.32 Å². The quantitative estimate of drug-likeness (QED) is 0.262. The van der Waals surface area contributed by atoms with Crippen molar-refractivity contribution < 1.29 is 23.9 Å². The van der Waals surface area contributed by atoms with Crippen molar-refractivity contribution in [2.75, 3.05) is 18.6 Å². The molecule has 0 saturated carbocycles. The van der Waals surface area contributed by atoms with E-state index in [4.69, 9.17) is 9.47 Å². The van der Waals surface area contributed by atoms with E-state index in [0.717, 1.165) is 19.6 Å². The van der Waals surface area contributed by atoms with Crippen molar-refractivity contribution in [2.45, 2.75) is 13.8 Å². The Morgan fingerprint density at radius 1 is 1.19 bits per heavy atom. The standard InChI is InChI=1S/C23H21IN2O5/c1-5-9-31-20-17(24)11-15(12-19(20)30-4)10-16-21(27)25-23(29)26(22(16)28)18-8-6-7-13(2)14(18)3/h5-8,10-12H,1,9H2,2-4H3,(H,25,27,29)/b16-10+. The summed E-state index contributed by atoms with van der Waals surface area (Å²) in [5.74, 6) is -0.454. The number of carbonyl (C=O) groups is 3. The second-order valence-electron chi connectivity index (χ2n) is 6.81. The zero-order valence-electron chi connectivity index (χ0n) is 17.3. The lowest BCUT2D eigenvalue weighted by Gasteiger charge is -2.28. The van der Waals surface area contributed by atoms with Crippen LogP contribution in [0.25, 0.3) is 6.08 Å². The summed E-state index contributed by atoms with van der Waals surface area (Å²) >= 11 is 2.09. The fraction of sp³-hybridized carbons (Fsp3) is 0.174. The molecule has 0 unspecified atom stereocenters. The molecular formula is C23H21IN2O5. The fourth-order valence-corrected chi connectivity index (χ4v) is 3.91. The van der Waals surface area contributed by atoms with E-state index in [1.54, 1.807) is 30.3 Å². The van der Waals surface area contributed by atoms with E-state index in [2.05, 4.69) is 34.5 Å². The Bertz CT molecular complexity index is 1120. The Morgan fingerprint density at radius 3 is 2.61 bits per heavy atom. The van der Waals surface area contributed by atoms with Crippen LogP contribution < -0.4 is 19.7 Å². The molecular weight excluding hydrogens is 511 g/mol. The van der Waals surface area contributed by atoms with E-state index >= 15 is 0 Å². The predicted octanol–water partition coefficient (Wildman–Crippen LogP) is 4.15. The van der Waals surface area contributed by atoms with Gasteiger partial charge in [0.15, 0.2) is 11.5 Å². The average Bonchev–Trinajstić information content (AvgIpc) is 2.73. The van der Waals surface area contributed by atoms with E-state index in [9.17, 15) is 14.4 Å². The van der Waals surface area contributed by atoms with Crippen LogP contribution in [0.15, 0.2) is 48.6 Å². The SMILES string of the molecule is C=CCOc1c(I)cc(/C=C2\C(=O)NC(=O)N(c3cccc(C)c3C)C2=O)cc1OC. The molecule has 160 valence electrons. The van der Waals surface area contributed by atoms with Gasteiger partial charge in [0.05, 0.1) is 16.4 Å². The summed E-state index contributed by atoms with van der Waals surface area (Å²) in [4.78, 5) is 39.1. The lowest BCUT2D eigenvalue weighted by Crippen LogP contribution is -2.54. The van der Waals surface area contributed by atoms with Gasteiger partial charge in [-0.15, -0.1) is 0 Å². The minimum Gasteiger partial charge on any atom is -0.493 e. The number of carbonyl (C=O) groups excluding carboxylic acids is 3. The number of halogens is 1. The molecule has 2 aromatic rings. The number of hydrogen-bond acceptors (Lipinski definition) is 5. The molecule has 3 rings (SSSR count). The number of urea groups is 1. The van der Waals surface area contributed by atoms with Crippen molar-refractivity contribution in [2.24, 2.45) is 0 Å². The third-order valence-corrected chi connectivity index (χ3v) is 5.63. The molecule has 0 radical (unpaired) electrons. The summed E-state index contributed by atoms with van der Waals surface area (Å²) in [5.41, 5.74) is 2.54. The molecule has 1 fully saturated rings. The van der Waals surface area contributed by atoms with Gasteiger partial charge in [0, 0.05) is 0 Å². The van der Waals surface area contributed by atoms with Crippen LogP contribution in [0.3, 0.4) is 0 Å². The third kappa shape index (κ3) is 4.48. The molecule has 1 aliphatic rings. The summed E-state index contributed by atoms with van der Waals surface area (Å²) in [5, 5.41) is 2.25. The zero-order chi connectivity index (χ0) is 22.7. The topological polar surface area (TPSA) is 84.9 Å². The van der Waals surface area contributed by atoms with Crippen molar-refractivity contribution in [3.63, 3.8) is 0 Å². The number of rotatable bonds is 6. The summed E-state index contributed by atoms with van der Waals surface area (Å²) < 4.78 is 11.8. The minimum atomic E-state index is -0.777. The lowest BCUT2D eigenvalue weighted by molar-refractivity contribution is -0.122. The molecule has 1 heterocycles. The minimum absolute atomic E-state index is 0.155. The molecule has 0 aliphatic carbocycles. The Morgan fingerprint density at radius 2 is 1.94 bits per heavy atom. The van der Waals surface area contributed by atoms with Crippen molar-refractivity contribution >= 4 is 52.2 Å². The van der Waals surface area contributed by atoms with Crippen LogP contribution in [0, 0.1) is 17.4 Å². The number of barbiturate groups is 1. The first-order chi connectivity index (χ1) is 14.8. The van der Waals surface area contributed by atoms with Gasteiger partial charge < -0.3 is 9.47 Å². The molecule has 1 aliphatic heterocycles. The highest BCUT2D eigenvalue weighted by atomic mass is 127. The maximum Gasteiger partial charge on any atom is 0.335 e. The van der Waals surface area contributed by atoms with Crippen LogP contribution in [0.4, 0.5) is 10.5 Å². The first-order valence-electron chi connectivity index (χ1n) is 9.37. The third-order valence-electron chi connectivity index (χ3n) is 4.83. The summed E-state index contributed by atoms with van der Waals surface area (Å²) in [6.45, 7) is 7.64. The van der Waals surface area contributed by atoms with Gasteiger partial charge in [-0.05, 0) is 77.4 Å². The highest BCUT2D eigenvalue weighted by Gasteiger charge is 2.37. The number of methoxy groups -OCH3 is 1. The van der Waals surface area contributed by atoms with E-state index in [1.807, 2.05) is 19.9 Å². The molecule has 0 aromatic heterocycles. The maximum atomic E-state index is 13.2. The number of nitrogens with zero attached hydrogens (tertiary/aromatic N) is 1. The fourth-order valence-electron chi connectivity index (χ4n) is 3.13. The molecule has 1 N–H and O–H groups in total. The predicted molar refractivity (Wildman–Crippen MR) is 126 cm³/mol. The number of hydrogen-bond donors (Lipinski definition) is 1. The second kappa shape index (κ2) is 9.34. The molecule has 4 amide bonds. The summed E-state index contributed by atoms with van der Waals surface area (Å²) in [6.07, 6.45) is 3.06. The van der Waals surface area contributed by atoms with Crippen molar-refractivity contribution in [3.05, 3.63) is 68.8 Å². The number of nitrogens with one attached hydrogen (secondary N) is 1. The number of benzene rings is 2. The van der Waals surface area contributed by atoms with E-state index in [0.29, 0.717) is 29.4 Å². The van der Waals surface area contributed by atoms with Gasteiger partial charge in [-0.3, -0.25) is 14.9 Å². The Hall–Kier alpha value is -3.14. The zero-order valence-corrected chi connectivity index (χ0v) is 19.5. The number of ether oxygens (including phenoxy) is 2. The smallest absolute Gasteiger partial charge is 0.335 e. The van der Waals surface area contributed by atoms with Gasteiger partial charge in [-0.2, -0.15) is 0 Å². The van der Waals surface area contributed by atoms with Gasteiger partial charge in [0.2, 0.25) is 0 Å². The Labute approximate surface area is 193 Å². The largest absolute Gasteiger partial charge is 0.493 e. The van der Waals surface area contributed by atoms with Crippen molar-refractivity contribution in [1.29, 1.82) is 0 Å². The van der Waals surface area contributed by atoms with Gasteiger partial charge >= 0.3 is 6.03 Å². The highest BCUT2D eigenvalue weighted by Crippen LogP contribution is 2.35. The average molecular weight is 532 g/mol. The van der Waals surface area contributed by atoms with Crippen LogP contribution >= 0.6 is 22.6 Å². The normalized spacial score (nSPS) is 15.2. The molecule has 31 heavy (non-hydrogen) atoms. The molecule has 7 nitrogen and oxygen atoms in total. The van der Waals surface area contributed by atoms with Gasteiger partial charge in [-0.25, -0.2) is 9.69 Å².